The first-order valence-corrected chi connectivity index (χ1v) is 5.52. The Hall–Kier alpha value is -1.15. The van der Waals surface area contributed by atoms with Gasteiger partial charge in [0.2, 0.25) is 0 Å². The first kappa shape index (κ1) is 10.4. The van der Waals surface area contributed by atoms with Crippen molar-refractivity contribution in [2.75, 3.05) is 0 Å². The number of carbonyl (C=O) groups is 1. The van der Waals surface area contributed by atoms with E-state index in [9.17, 15) is 9.90 Å². The van der Waals surface area contributed by atoms with Gasteiger partial charge in [0.25, 0.3) is 0 Å². The molecule has 1 aliphatic rings. The van der Waals surface area contributed by atoms with E-state index in [0.29, 0.717) is 12.8 Å². The highest BCUT2D eigenvalue weighted by atomic mass is 16.3. The molecule has 15 heavy (non-hydrogen) atoms. The molecule has 2 unspecified atom stereocenters. The standard InChI is InChI=1S/C13H16O2/c14-12-7-4-8-13(15)11(12)9-10-5-2-1-3-6-10/h1-3,5-6,11-12,14H,4,7-9H2. The van der Waals surface area contributed by atoms with Crippen LogP contribution in [-0.2, 0) is 11.2 Å². The minimum Gasteiger partial charge on any atom is -0.392 e. The van der Waals surface area contributed by atoms with Crippen molar-refractivity contribution in [2.45, 2.75) is 31.8 Å². The van der Waals surface area contributed by atoms with Crippen LogP contribution in [0.15, 0.2) is 30.3 Å². The van der Waals surface area contributed by atoms with E-state index in [0.717, 1.165) is 18.4 Å². The Morgan fingerprint density at radius 2 is 2.00 bits per heavy atom. The highest BCUT2D eigenvalue weighted by Gasteiger charge is 2.30. The van der Waals surface area contributed by atoms with Gasteiger partial charge in [-0.1, -0.05) is 30.3 Å². The second kappa shape index (κ2) is 4.58. The molecular formula is C13H16O2. The molecule has 0 bridgehead atoms. The normalized spacial score (nSPS) is 26.6. The van der Waals surface area contributed by atoms with Crippen LogP contribution in [-0.4, -0.2) is 17.0 Å². The number of carbonyl (C=O) groups excluding carboxylic acids is 1. The molecule has 1 aromatic rings. The number of hydrogen-bond acceptors (Lipinski definition) is 2. The summed E-state index contributed by atoms with van der Waals surface area (Å²) in [4.78, 5) is 11.6. The summed E-state index contributed by atoms with van der Waals surface area (Å²) in [5.41, 5.74) is 1.14. The first-order chi connectivity index (χ1) is 7.27. The van der Waals surface area contributed by atoms with Crippen molar-refractivity contribution >= 4 is 5.78 Å². The van der Waals surface area contributed by atoms with E-state index in [1.807, 2.05) is 30.3 Å². The van der Waals surface area contributed by atoms with E-state index in [1.165, 1.54) is 0 Å². The lowest BCUT2D eigenvalue weighted by molar-refractivity contribution is -0.129. The maximum atomic E-state index is 11.6. The smallest absolute Gasteiger partial charge is 0.138 e. The van der Waals surface area contributed by atoms with Gasteiger partial charge in [0.15, 0.2) is 0 Å². The van der Waals surface area contributed by atoms with Crippen LogP contribution in [0.2, 0.25) is 0 Å². The Morgan fingerprint density at radius 1 is 1.27 bits per heavy atom. The molecule has 2 rings (SSSR count). The maximum absolute atomic E-state index is 11.6. The molecule has 1 N–H and O–H groups in total. The van der Waals surface area contributed by atoms with Gasteiger partial charge in [-0.2, -0.15) is 0 Å². The lowest BCUT2D eigenvalue weighted by Gasteiger charge is -2.26. The fourth-order valence-corrected chi connectivity index (χ4v) is 2.20. The highest BCUT2D eigenvalue weighted by molar-refractivity contribution is 5.82. The maximum Gasteiger partial charge on any atom is 0.138 e. The number of Topliss-reactive ketones (excluding diaryl/α,β-unsaturated/α-hetero) is 1. The summed E-state index contributed by atoms with van der Waals surface area (Å²) in [5, 5.41) is 9.78. The van der Waals surface area contributed by atoms with E-state index in [4.69, 9.17) is 0 Å². The summed E-state index contributed by atoms with van der Waals surface area (Å²) in [5.74, 6) is 0.0405. The third-order valence-electron chi connectivity index (χ3n) is 3.10. The van der Waals surface area contributed by atoms with Gasteiger partial charge in [-0.15, -0.1) is 0 Å². The van der Waals surface area contributed by atoms with Gasteiger partial charge in [-0.05, 0) is 24.8 Å². The quantitative estimate of drug-likeness (QED) is 0.799. The van der Waals surface area contributed by atoms with Gasteiger partial charge in [0, 0.05) is 12.3 Å². The number of ketones is 1. The zero-order valence-electron chi connectivity index (χ0n) is 8.73. The molecule has 0 aromatic heterocycles. The fraction of sp³-hybridized carbons (Fsp3) is 0.462. The molecule has 0 radical (unpaired) electrons. The number of aliphatic hydroxyl groups is 1. The number of benzene rings is 1. The van der Waals surface area contributed by atoms with E-state index in [-0.39, 0.29) is 11.7 Å². The zero-order valence-corrected chi connectivity index (χ0v) is 8.73. The van der Waals surface area contributed by atoms with E-state index < -0.39 is 6.10 Å². The minimum atomic E-state index is -0.438. The molecule has 2 heteroatoms. The predicted molar refractivity (Wildman–Crippen MR) is 58.5 cm³/mol. The third kappa shape index (κ3) is 2.45. The average Bonchev–Trinajstić information content (AvgIpc) is 2.25. The second-order valence-electron chi connectivity index (χ2n) is 4.22. The molecule has 80 valence electrons. The fourth-order valence-electron chi connectivity index (χ4n) is 2.20. The lowest BCUT2D eigenvalue weighted by atomic mass is 9.81. The third-order valence-corrected chi connectivity index (χ3v) is 3.10. The lowest BCUT2D eigenvalue weighted by Crippen LogP contribution is -2.34. The molecule has 2 nitrogen and oxygen atoms in total. The monoisotopic (exact) mass is 204 g/mol. The van der Waals surface area contributed by atoms with Crippen molar-refractivity contribution < 1.29 is 9.90 Å². The Balaban J connectivity index is 2.07. The van der Waals surface area contributed by atoms with Crippen LogP contribution < -0.4 is 0 Å². The van der Waals surface area contributed by atoms with Crippen LogP contribution in [0.4, 0.5) is 0 Å². The summed E-state index contributed by atoms with van der Waals surface area (Å²) in [6, 6.07) is 9.91. The molecule has 0 spiro atoms. The summed E-state index contributed by atoms with van der Waals surface area (Å²) in [7, 11) is 0. The molecule has 1 fully saturated rings. The molecule has 1 saturated carbocycles. The van der Waals surface area contributed by atoms with E-state index in [2.05, 4.69) is 0 Å². The number of aliphatic hydroxyl groups excluding tert-OH is 1. The topological polar surface area (TPSA) is 37.3 Å². The van der Waals surface area contributed by atoms with Crippen molar-refractivity contribution in [3.05, 3.63) is 35.9 Å². The summed E-state index contributed by atoms with van der Waals surface area (Å²) < 4.78 is 0. The number of hydrogen-bond donors (Lipinski definition) is 1. The van der Waals surface area contributed by atoms with Gasteiger partial charge >= 0.3 is 0 Å². The van der Waals surface area contributed by atoms with Gasteiger partial charge in [0.1, 0.15) is 5.78 Å². The summed E-state index contributed by atoms with van der Waals surface area (Å²) in [6.45, 7) is 0. The second-order valence-corrected chi connectivity index (χ2v) is 4.22. The summed E-state index contributed by atoms with van der Waals surface area (Å²) in [6.07, 6.45) is 2.48. The Labute approximate surface area is 89.9 Å². The van der Waals surface area contributed by atoms with Crippen LogP contribution in [0, 0.1) is 5.92 Å². The van der Waals surface area contributed by atoms with Crippen LogP contribution >= 0.6 is 0 Å². The van der Waals surface area contributed by atoms with Crippen molar-refractivity contribution in [1.29, 1.82) is 0 Å². The minimum absolute atomic E-state index is 0.179. The molecular weight excluding hydrogens is 188 g/mol. The van der Waals surface area contributed by atoms with Gasteiger partial charge in [0.05, 0.1) is 6.10 Å². The number of rotatable bonds is 2. The van der Waals surface area contributed by atoms with Crippen LogP contribution in [0.5, 0.6) is 0 Å². The van der Waals surface area contributed by atoms with Crippen LogP contribution in [0.1, 0.15) is 24.8 Å². The largest absolute Gasteiger partial charge is 0.392 e. The molecule has 2 atom stereocenters. The van der Waals surface area contributed by atoms with Crippen molar-refractivity contribution in [3.63, 3.8) is 0 Å². The molecule has 0 heterocycles. The van der Waals surface area contributed by atoms with E-state index >= 15 is 0 Å². The SMILES string of the molecule is O=C1CCCC(O)C1Cc1ccccc1. The summed E-state index contributed by atoms with van der Waals surface area (Å²) >= 11 is 0. The molecule has 0 aliphatic heterocycles. The Morgan fingerprint density at radius 3 is 2.67 bits per heavy atom. The van der Waals surface area contributed by atoms with Gasteiger partial charge < -0.3 is 5.11 Å². The van der Waals surface area contributed by atoms with Crippen LogP contribution in [0.25, 0.3) is 0 Å². The molecule has 0 amide bonds. The molecule has 1 aliphatic carbocycles. The zero-order chi connectivity index (χ0) is 10.7. The predicted octanol–water partition coefficient (Wildman–Crippen LogP) is 1.96. The molecule has 1 aromatic carbocycles. The first-order valence-electron chi connectivity index (χ1n) is 5.52. The van der Waals surface area contributed by atoms with Crippen molar-refractivity contribution in [1.82, 2.24) is 0 Å². The van der Waals surface area contributed by atoms with Crippen LogP contribution in [0.3, 0.4) is 0 Å². The van der Waals surface area contributed by atoms with Crippen molar-refractivity contribution in [2.24, 2.45) is 5.92 Å². The average molecular weight is 204 g/mol. The highest BCUT2D eigenvalue weighted by Crippen LogP contribution is 2.24. The van der Waals surface area contributed by atoms with E-state index in [1.54, 1.807) is 0 Å². The van der Waals surface area contributed by atoms with Gasteiger partial charge in [-0.3, -0.25) is 4.79 Å². The van der Waals surface area contributed by atoms with Gasteiger partial charge in [-0.25, -0.2) is 0 Å². The van der Waals surface area contributed by atoms with Crippen molar-refractivity contribution in [3.8, 4) is 0 Å². The molecule has 0 saturated heterocycles. The Bertz CT molecular complexity index is 332. The Kier molecular flexibility index (Phi) is 3.17.